The highest BCUT2D eigenvalue weighted by atomic mass is 16.1. The number of aromatic nitrogens is 2. The molecule has 0 radical (unpaired) electrons. The molecule has 0 unspecified atom stereocenters. The highest BCUT2D eigenvalue weighted by molar-refractivity contribution is 5.78. The predicted molar refractivity (Wildman–Crippen MR) is 80.4 cm³/mol. The fourth-order valence-corrected chi connectivity index (χ4v) is 2.21. The summed E-state index contributed by atoms with van der Waals surface area (Å²) in [4.78, 5) is 16.0. The molecule has 2 heterocycles. The summed E-state index contributed by atoms with van der Waals surface area (Å²) in [5.41, 5.74) is 5.18. The molecule has 0 aliphatic rings. The summed E-state index contributed by atoms with van der Waals surface area (Å²) in [5.74, 6) is 0. The SMILES string of the molecule is O=c1ccc2ccccc2n1NCCc1cccnc1. The first-order valence-electron chi connectivity index (χ1n) is 6.58. The van der Waals surface area contributed by atoms with E-state index in [0.717, 1.165) is 22.9 Å². The van der Waals surface area contributed by atoms with E-state index in [2.05, 4.69) is 10.4 Å². The Morgan fingerprint density at radius 3 is 2.80 bits per heavy atom. The van der Waals surface area contributed by atoms with Crippen LogP contribution < -0.4 is 11.0 Å². The summed E-state index contributed by atoms with van der Waals surface area (Å²) in [6.45, 7) is 0.680. The van der Waals surface area contributed by atoms with Crippen LogP contribution in [0.5, 0.6) is 0 Å². The van der Waals surface area contributed by atoms with E-state index >= 15 is 0 Å². The fraction of sp³-hybridized carbons (Fsp3) is 0.125. The second-order valence-corrected chi connectivity index (χ2v) is 4.59. The minimum Gasteiger partial charge on any atom is -0.322 e. The minimum absolute atomic E-state index is 0.0464. The Morgan fingerprint density at radius 2 is 1.95 bits per heavy atom. The van der Waals surface area contributed by atoms with Crippen molar-refractivity contribution in [3.8, 4) is 0 Å². The number of rotatable bonds is 4. The van der Waals surface area contributed by atoms with Gasteiger partial charge in [0, 0.05) is 30.4 Å². The molecule has 0 atom stereocenters. The Morgan fingerprint density at radius 1 is 1.05 bits per heavy atom. The number of nitrogens with zero attached hydrogens (tertiary/aromatic N) is 2. The fourth-order valence-electron chi connectivity index (χ4n) is 2.21. The van der Waals surface area contributed by atoms with Crippen molar-refractivity contribution in [3.05, 3.63) is 76.8 Å². The summed E-state index contributed by atoms with van der Waals surface area (Å²) in [5, 5.41) is 1.04. The number of hydrogen-bond acceptors (Lipinski definition) is 3. The Kier molecular flexibility index (Phi) is 3.46. The largest absolute Gasteiger partial charge is 0.322 e. The third-order valence-electron chi connectivity index (χ3n) is 3.21. The monoisotopic (exact) mass is 265 g/mol. The zero-order chi connectivity index (χ0) is 13.8. The summed E-state index contributed by atoms with van der Waals surface area (Å²) in [7, 11) is 0. The van der Waals surface area contributed by atoms with Gasteiger partial charge in [0.15, 0.2) is 0 Å². The van der Waals surface area contributed by atoms with Crippen LogP contribution in [-0.2, 0) is 6.42 Å². The number of para-hydroxylation sites is 1. The molecule has 3 rings (SSSR count). The number of pyridine rings is 2. The molecule has 4 heteroatoms. The number of nitrogens with one attached hydrogen (secondary N) is 1. The standard InChI is InChI=1S/C16H15N3O/c20-16-8-7-14-5-1-2-6-15(14)19(16)18-11-9-13-4-3-10-17-12-13/h1-8,10,12,18H,9,11H2. The Hall–Kier alpha value is -2.62. The topological polar surface area (TPSA) is 46.9 Å². The van der Waals surface area contributed by atoms with Gasteiger partial charge in [-0.25, -0.2) is 4.68 Å². The Balaban J connectivity index is 1.81. The van der Waals surface area contributed by atoms with Gasteiger partial charge in [-0.2, -0.15) is 0 Å². The molecule has 0 aliphatic heterocycles. The summed E-state index contributed by atoms with van der Waals surface area (Å²) in [6, 6.07) is 15.2. The van der Waals surface area contributed by atoms with E-state index in [-0.39, 0.29) is 5.56 Å². The first kappa shape index (κ1) is 12.4. The lowest BCUT2D eigenvalue weighted by molar-refractivity contribution is 0.816. The first-order chi connectivity index (χ1) is 9.84. The molecule has 0 spiro atoms. The third kappa shape index (κ3) is 2.54. The van der Waals surface area contributed by atoms with Gasteiger partial charge in [-0.3, -0.25) is 9.78 Å². The lowest BCUT2D eigenvalue weighted by Crippen LogP contribution is -2.29. The molecule has 100 valence electrons. The molecule has 0 aliphatic carbocycles. The first-order valence-corrected chi connectivity index (χ1v) is 6.58. The number of hydrogen-bond donors (Lipinski definition) is 1. The molecule has 0 fully saturated rings. The molecule has 1 N–H and O–H groups in total. The lowest BCUT2D eigenvalue weighted by Gasteiger charge is -2.12. The van der Waals surface area contributed by atoms with Gasteiger partial charge in [0.25, 0.3) is 5.56 Å². The van der Waals surface area contributed by atoms with E-state index < -0.39 is 0 Å². The van der Waals surface area contributed by atoms with Crippen LogP contribution in [0.1, 0.15) is 5.56 Å². The molecule has 20 heavy (non-hydrogen) atoms. The van der Waals surface area contributed by atoms with Gasteiger partial charge in [-0.1, -0.05) is 24.3 Å². The third-order valence-corrected chi connectivity index (χ3v) is 3.21. The van der Waals surface area contributed by atoms with Crippen LogP contribution in [0.2, 0.25) is 0 Å². The quantitative estimate of drug-likeness (QED) is 0.786. The maximum atomic E-state index is 12.0. The molecule has 0 saturated carbocycles. The van der Waals surface area contributed by atoms with Gasteiger partial charge in [-0.15, -0.1) is 0 Å². The zero-order valence-electron chi connectivity index (χ0n) is 11.0. The normalized spacial score (nSPS) is 10.6. The molecule has 0 bridgehead atoms. The van der Waals surface area contributed by atoms with Crippen molar-refractivity contribution in [2.24, 2.45) is 0 Å². The second-order valence-electron chi connectivity index (χ2n) is 4.59. The predicted octanol–water partition coefficient (Wildman–Crippen LogP) is 2.18. The van der Waals surface area contributed by atoms with Gasteiger partial charge in [0.2, 0.25) is 0 Å². The molecule has 0 saturated heterocycles. The van der Waals surface area contributed by atoms with Crippen LogP contribution in [0, 0.1) is 0 Å². The molecule has 4 nitrogen and oxygen atoms in total. The maximum Gasteiger partial charge on any atom is 0.269 e. The van der Waals surface area contributed by atoms with Crippen LogP contribution in [-0.4, -0.2) is 16.2 Å². The molecule has 0 amide bonds. The van der Waals surface area contributed by atoms with E-state index in [1.165, 1.54) is 0 Å². The molecule has 1 aromatic carbocycles. The molecular formula is C16H15N3O. The average molecular weight is 265 g/mol. The minimum atomic E-state index is -0.0464. The van der Waals surface area contributed by atoms with Crippen molar-refractivity contribution in [1.82, 2.24) is 9.66 Å². The van der Waals surface area contributed by atoms with Crippen LogP contribution in [0.25, 0.3) is 10.9 Å². The Labute approximate surface area is 116 Å². The van der Waals surface area contributed by atoms with Crippen molar-refractivity contribution >= 4 is 10.9 Å². The van der Waals surface area contributed by atoms with Crippen molar-refractivity contribution in [2.75, 3.05) is 12.0 Å². The van der Waals surface area contributed by atoms with Crippen molar-refractivity contribution in [1.29, 1.82) is 0 Å². The van der Waals surface area contributed by atoms with Crippen LogP contribution in [0.15, 0.2) is 65.7 Å². The van der Waals surface area contributed by atoms with Crippen LogP contribution >= 0.6 is 0 Å². The maximum absolute atomic E-state index is 12.0. The number of fused-ring (bicyclic) bond motifs is 1. The van der Waals surface area contributed by atoms with Crippen LogP contribution in [0.4, 0.5) is 0 Å². The lowest BCUT2D eigenvalue weighted by atomic mass is 10.2. The van der Waals surface area contributed by atoms with Crippen molar-refractivity contribution < 1.29 is 0 Å². The van der Waals surface area contributed by atoms with Crippen molar-refractivity contribution in [3.63, 3.8) is 0 Å². The van der Waals surface area contributed by atoms with E-state index in [0.29, 0.717) is 6.54 Å². The van der Waals surface area contributed by atoms with Gasteiger partial charge in [0.1, 0.15) is 0 Å². The molecule has 2 aromatic heterocycles. The molecule has 3 aromatic rings. The zero-order valence-corrected chi connectivity index (χ0v) is 11.0. The van der Waals surface area contributed by atoms with E-state index in [1.807, 2.05) is 48.7 Å². The Bertz CT molecular complexity index is 765. The highest BCUT2D eigenvalue weighted by Crippen LogP contribution is 2.09. The van der Waals surface area contributed by atoms with E-state index in [9.17, 15) is 4.79 Å². The van der Waals surface area contributed by atoms with Gasteiger partial charge < -0.3 is 5.43 Å². The summed E-state index contributed by atoms with van der Waals surface area (Å²) >= 11 is 0. The van der Waals surface area contributed by atoms with Crippen molar-refractivity contribution in [2.45, 2.75) is 6.42 Å². The van der Waals surface area contributed by atoms with E-state index in [1.54, 1.807) is 16.9 Å². The number of benzene rings is 1. The summed E-state index contributed by atoms with van der Waals surface area (Å²) in [6.07, 6.45) is 4.42. The van der Waals surface area contributed by atoms with Gasteiger partial charge in [0.05, 0.1) is 5.52 Å². The van der Waals surface area contributed by atoms with E-state index in [4.69, 9.17) is 0 Å². The van der Waals surface area contributed by atoms with Crippen LogP contribution in [0.3, 0.4) is 0 Å². The summed E-state index contributed by atoms with van der Waals surface area (Å²) < 4.78 is 1.60. The smallest absolute Gasteiger partial charge is 0.269 e. The second kappa shape index (κ2) is 5.57. The molecular weight excluding hydrogens is 250 g/mol. The highest BCUT2D eigenvalue weighted by Gasteiger charge is 2.01. The average Bonchev–Trinajstić information content (AvgIpc) is 2.50. The van der Waals surface area contributed by atoms with Gasteiger partial charge >= 0.3 is 0 Å². The van der Waals surface area contributed by atoms with Gasteiger partial charge in [-0.05, 0) is 30.2 Å².